The van der Waals surface area contributed by atoms with Crippen LogP contribution < -0.4 is 4.90 Å². The molecule has 1 fully saturated rings. The molecule has 0 saturated carbocycles. The Hall–Kier alpha value is -1.13. The summed E-state index contributed by atoms with van der Waals surface area (Å²) in [6.07, 6.45) is 2.96. The third-order valence-electron chi connectivity index (χ3n) is 3.63. The van der Waals surface area contributed by atoms with Gasteiger partial charge in [0.2, 0.25) is 0 Å². The number of aromatic nitrogens is 1. The molecule has 0 aromatic carbocycles. The van der Waals surface area contributed by atoms with Crippen molar-refractivity contribution in [2.75, 3.05) is 31.6 Å². The normalized spacial score (nSPS) is 22.0. The highest BCUT2D eigenvalue weighted by atomic mass is 16.3. The molecule has 1 aliphatic rings. The largest absolute Gasteiger partial charge is 0.392 e. The summed E-state index contributed by atoms with van der Waals surface area (Å²) in [6.45, 7) is 7.55. The predicted octanol–water partition coefficient (Wildman–Crippen LogP) is 1.41. The van der Waals surface area contributed by atoms with Gasteiger partial charge in [-0.1, -0.05) is 0 Å². The van der Waals surface area contributed by atoms with Gasteiger partial charge in [0.25, 0.3) is 0 Å². The highest BCUT2D eigenvalue weighted by molar-refractivity contribution is 5.54. The van der Waals surface area contributed by atoms with Crippen LogP contribution in [0.25, 0.3) is 0 Å². The number of rotatable bonds is 2. The molecule has 0 aliphatic carbocycles. The lowest BCUT2D eigenvalue weighted by Crippen LogP contribution is -2.38. The Morgan fingerprint density at radius 3 is 2.94 bits per heavy atom. The molecule has 100 valence electrons. The molecule has 0 radical (unpaired) electrons. The summed E-state index contributed by atoms with van der Waals surface area (Å²) in [5, 5.41) is 9.47. The van der Waals surface area contributed by atoms with Crippen LogP contribution in [-0.4, -0.2) is 47.7 Å². The monoisotopic (exact) mass is 249 g/mol. The summed E-state index contributed by atoms with van der Waals surface area (Å²) in [4.78, 5) is 9.05. The molecule has 1 atom stereocenters. The van der Waals surface area contributed by atoms with Gasteiger partial charge in [-0.05, 0) is 39.9 Å². The van der Waals surface area contributed by atoms with Crippen molar-refractivity contribution in [3.8, 4) is 0 Å². The lowest BCUT2D eigenvalue weighted by molar-refractivity contribution is 0.281. The smallest absolute Gasteiger partial charge is 0.0717 e. The molecule has 1 unspecified atom stereocenters. The molecule has 1 N–H and O–H groups in total. The average Bonchev–Trinajstić information content (AvgIpc) is 2.50. The number of anilines is 1. The topological polar surface area (TPSA) is 39.6 Å². The maximum Gasteiger partial charge on any atom is 0.0717 e. The second-order valence-electron chi connectivity index (χ2n) is 5.27. The third kappa shape index (κ3) is 2.82. The van der Waals surface area contributed by atoms with Crippen molar-refractivity contribution < 1.29 is 5.11 Å². The van der Waals surface area contributed by atoms with Crippen LogP contribution in [0.15, 0.2) is 12.3 Å². The Morgan fingerprint density at radius 2 is 2.22 bits per heavy atom. The maximum atomic E-state index is 9.47. The Labute approximate surface area is 109 Å². The van der Waals surface area contributed by atoms with Gasteiger partial charge in [0, 0.05) is 42.3 Å². The number of nitrogens with zero attached hydrogens (tertiary/aromatic N) is 3. The van der Waals surface area contributed by atoms with E-state index in [2.05, 4.69) is 34.8 Å². The molecule has 1 aliphatic heterocycles. The summed E-state index contributed by atoms with van der Waals surface area (Å²) in [6, 6.07) is 2.55. The SMILES string of the molecule is Cc1cc(N2CCCN(C)CC2C)c(CO)cn1. The van der Waals surface area contributed by atoms with Crippen molar-refractivity contribution in [2.24, 2.45) is 0 Å². The first-order valence-electron chi connectivity index (χ1n) is 6.63. The fourth-order valence-electron chi connectivity index (χ4n) is 2.69. The van der Waals surface area contributed by atoms with E-state index in [1.165, 1.54) is 0 Å². The van der Waals surface area contributed by atoms with Crippen molar-refractivity contribution in [1.82, 2.24) is 9.88 Å². The molecule has 1 aromatic heterocycles. The van der Waals surface area contributed by atoms with Gasteiger partial charge in [-0.15, -0.1) is 0 Å². The molecule has 18 heavy (non-hydrogen) atoms. The molecule has 4 heteroatoms. The zero-order valence-electron chi connectivity index (χ0n) is 11.6. The summed E-state index contributed by atoms with van der Waals surface area (Å²) in [7, 11) is 2.17. The van der Waals surface area contributed by atoms with Crippen molar-refractivity contribution in [1.29, 1.82) is 0 Å². The van der Waals surface area contributed by atoms with E-state index in [1.807, 2.05) is 6.92 Å². The zero-order chi connectivity index (χ0) is 13.1. The van der Waals surface area contributed by atoms with Gasteiger partial charge in [0.05, 0.1) is 6.61 Å². The molecule has 4 nitrogen and oxygen atoms in total. The number of pyridine rings is 1. The first-order valence-corrected chi connectivity index (χ1v) is 6.63. The van der Waals surface area contributed by atoms with Crippen molar-refractivity contribution in [2.45, 2.75) is 32.9 Å². The van der Waals surface area contributed by atoms with E-state index in [1.54, 1.807) is 6.20 Å². The lowest BCUT2D eigenvalue weighted by Gasteiger charge is -2.31. The molecule has 0 amide bonds. The van der Waals surface area contributed by atoms with Crippen LogP contribution in [0.1, 0.15) is 24.6 Å². The first-order chi connectivity index (χ1) is 8.61. The van der Waals surface area contributed by atoms with E-state index in [4.69, 9.17) is 0 Å². The van der Waals surface area contributed by atoms with Crippen LogP contribution in [0.2, 0.25) is 0 Å². The van der Waals surface area contributed by atoms with E-state index in [9.17, 15) is 5.11 Å². The number of aliphatic hydroxyl groups excluding tert-OH is 1. The predicted molar refractivity (Wildman–Crippen MR) is 73.8 cm³/mol. The fourth-order valence-corrected chi connectivity index (χ4v) is 2.69. The van der Waals surface area contributed by atoms with Gasteiger partial charge >= 0.3 is 0 Å². The number of aliphatic hydroxyl groups is 1. The number of aryl methyl sites for hydroxylation is 1. The van der Waals surface area contributed by atoms with Crippen molar-refractivity contribution in [3.63, 3.8) is 0 Å². The molecule has 2 heterocycles. The van der Waals surface area contributed by atoms with Gasteiger partial charge in [0.15, 0.2) is 0 Å². The van der Waals surface area contributed by atoms with Gasteiger partial charge < -0.3 is 14.9 Å². The Morgan fingerprint density at radius 1 is 1.44 bits per heavy atom. The van der Waals surface area contributed by atoms with Crippen molar-refractivity contribution >= 4 is 5.69 Å². The second-order valence-corrected chi connectivity index (χ2v) is 5.27. The molecule has 0 spiro atoms. The molecule has 0 bridgehead atoms. The molecule has 1 saturated heterocycles. The van der Waals surface area contributed by atoms with Crippen LogP contribution in [0.4, 0.5) is 5.69 Å². The highest BCUT2D eigenvalue weighted by Gasteiger charge is 2.21. The number of hydrogen-bond acceptors (Lipinski definition) is 4. The average molecular weight is 249 g/mol. The van der Waals surface area contributed by atoms with Crippen LogP contribution in [-0.2, 0) is 6.61 Å². The quantitative estimate of drug-likeness (QED) is 0.860. The summed E-state index contributed by atoms with van der Waals surface area (Å²) in [5.74, 6) is 0. The Bertz CT molecular complexity index is 408. The summed E-state index contributed by atoms with van der Waals surface area (Å²) in [5.41, 5.74) is 3.08. The van der Waals surface area contributed by atoms with Crippen LogP contribution in [0.3, 0.4) is 0 Å². The van der Waals surface area contributed by atoms with E-state index >= 15 is 0 Å². The minimum Gasteiger partial charge on any atom is -0.392 e. The van der Waals surface area contributed by atoms with Gasteiger partial charge in [-0.3, -0.25) is 4.98 Å². The Kier molecular flexibility index (Phi) is 4.19. The first kappa shape index (κ1) is 13.3. The number of hydrogen-bond donors (Lipinski definition) is 1. The Balaban J connectivity index is 2.31. The van der Waals surface area contributed by atoms with E-state index < -0.39 is 0 Å². The molecule has 1 aromatic rings. The molecule has 2 rings (SSSR count). The van der Waals surface area contributed by atoms with Crippen LogP contribution >= 0.6 is 0 Å². The van der Waals surface area contributed by atoms with Crippen LogP contribution in [0.5, 0.6) is 0 Å². The highest BCUT2D eigenvalue weighted by Crippen LogP contribution is 2.25. The minimum absolute atomic E-state index is 0.0572. The zero-order valence-corrected chi connectivity index (χ0v) is 11.6. The summed E-state index contributed by atoms with van der Waals surface area (Å²) >= 11 is 0. The van der Waals surface area contributed by atoms with Gasteiger partial charge in [-0.2, -0.15) is 0 Å². The minimum atomic E-state index is 0.0572. The van der Waals surface area contributed by atoms with Gasteiger partial charge in [0.1, 0.15) is 0 Å². The number of likely N-dealkylation sites (N-methyl/N-ethyl adjacent to an activating group) is 1. The van der Waals surface area contributed by atoms with E-state index in [-0.39, 0.29) is 6.61 Å². The van der Waals surface area contributed by atoms with Crippen LogP contribution in [0, 0.1) is 6.92 Å². The standard InChI is InChI=1S/C14H23N3O/c1-11-7-14(13(10-18)8-15-11)17-6-4-5-16(3)9-12(17)2/h7-8,12,18H,4-6,9-10H2,1-3H3. The van der Waals surface area contributed by atoms with Crippen molar-refractivity contribution in [3.05, 3.63) is 23.5 Å². The fraction of sp³-hybridized carbons (Fsp3) is 0.643. The molecular weight excluding hydrogens is 226 g/mol. The van der Waals surface area contributed by atoms with E-state index in [0.29, 0.717) is 6.04 Å². The third-order valence-corrected chi connectivity index (χ3v) is 3.63. The van der Waals surface area contributed by atoms with Gasteiger partial charge in [-0.25, -0.2) is 0 Å². The lowest BCUT2D eigenvalue weighted by atomic mass is 10.1. The summed E-state index contributed by atoms with van der Waals surface area (Å²) < 4.78 is 0. The maximum absolute atomic E-state index is 9.47. The second kappa shape index (κ2) is 5.67. The van der Waals surface area contributed by atoms with E-state index in [0.717, 1.165) is 43.0 Å². The molecular formula is C14H23N3O.